The van der Waals surface area contributed by atoms with Crippen molar-refractivity contribution in [2.45, 2.75) is 13.3 Å². The number of carbonyl (C=O) groups excluding carboxylic acids is 1. The lowest BCUT2D eigenvalue weighted by Crippen LogP contribution is -2.21. The summed E-state index contributed by atoms with van der Waals surface area (Å²) < 4.78 is 0.700. The molecule has 0 bridgehead atoms. The summed E-state index contributed by atoms with van der Waals surface area (Å²) in [5.74, 6) is -0.892. The normalized spacial score (nSPS) is 11.5. The molecule has 5 heteroatoms. The molecule has 0 spiro atoms. The van der Waals surface area contributed by atoms with Gasteiger partial charge in [0.2, 0.25) is 5.91 Å². The van der Waals surface area contributed by atoms with Crippen molar-refractivity contribution in [3.63, 3.8) is 0 Å². The Morgan fingerprint density at radius 3 is 3.07 bits per heavy atom. The number of halogens is 1. The van der Waals surface area contributed by atoms with E-state index < -0.39 is 5.92 Å². The first kappa shape index (κ1) is 11.7. The first-order valence-electron chi connectivity index (χ1n) is 4.49. The Balaban J connectivity index is 2.75. The molecule has 0 radical (unpaired) electrons. The number of nitrogens with one attached hydrogen (secondary N) is 1. The summed E-state index contributed by atoms with van der Waals surface area (Å²) in [4.78, 5) is 15.4. The van der Waals surface area contributed by atoms with Gasteiger partial charge in [0.15, 0.2) is 0 Å². The van der Waals surface area contributed by atoms with Crippen LogP contribution in [0.3, 0.4) is 0 Å². The van der Waals surface area contributed by atoms with Crippen LogP contribution in [0.4, 0.5) is 5.69 Å². The van der Waals surface area contributed by atoms with Crippen molar-refractivity contribution < 1.29 is 4.79 Å². The van der Waals surface area contributed by atoms with E-state index in [1.165, 1.54) is 0 Å². The molecule has 1 rings (SSSR count). The van der Waals surface area contributed by atoms with Crippen LogP contribution < -0.4 is 5.32 Å². The fourth-order valence-corrected chi connectivity index (χ4v) is 1.38. The Hall–Kier alpha value is -1.41. The molecule has 1 amide bonds. The summed E-state index contributed by atoms with van der Waals surface area (Å²) in [5, 5.41) is 11.4. The quantitative estimate of drug-likeness (QED) is 0.914. The highest BCUT2D eigenvalue weighted by molar-refractivity contribution is 9.10. The van der Waals surface area contributed by atoms with Gasteiger partial charge in [-0.05, 0) is 28.4 Å². The van der Waals surface area contributed by atoms with Crippen LogP contribution in [0, 0.1) is 17.2 Å². The summed E-state index contributed by atoms with van der Waals surface area (Å²) in [6, 6.07) is 3.62. The van der Waals surface area contributed by atoms with Crippen LogP contribution in [0.1, 0.15) is 13.3 Å². The predicted molar refractivity (Wildman–Crippen MR) is 60.0 cm³/mol. The average molecular weight is 268 g/mol. The molecule has 0 aliphatic rings. The average Bonchev–Trinajstić information content (AvgIpc) is 2.23. The highest BCUT2D eigenvalue weighted by atomic mass is 79.9. The van der Waals surface area contributed by atoms with Gasteiger partial charge in [-0.25, -0.2) is 0 Å². The zero-order valence-corrected chi connectivity index (χ0v) is 9.78. The minimum atomic E-state index is -0.606. The molecule has 4 nitrogen and oxygen atoms in total. The molecular formula is C10H10BrN3O. The third-order valence-electron chi connectivity index (χ3n) is 1.91. The van der Waals surface area contributed by atoms with E-state index in [9.17, 15) is 4.79 Å². The Kier molecular flexibility index (Phi) is 4.25. The van der Waals surface area contributed by atoms with Gasteiger partial charge < -0.3 is 5.32 Å². The van der Waals surface area contributed by atoms with Gasteiger partial charge in [-0.1, -0.05) is 6.92 Å². The molecule has 0 saturated heterocycles. The number of rotatable bonds is 3. The fraction of sp³-hybridized carbons (Fsp3) is 0.300. The molecule has 1 atom stereocenters. The number of amides is 1. The Morgan fingerprint density at radius 1 is 1.80 bits per heavy atom. The number of hydrogen-bond donors (Lipinski definition) is 1. The van der Waals surface area contributed by atoms with Crippen LogP contribution in [0.25, 0.3) is 0 Å². The van der Waals surface area contributed by atoms with E-state index in [4.69, 9.17) is 5.26 Å². The van der Waals surface area contributed by atoms with E-state index in [1.807, 2.05) is 6.07 Å². The fourth-order valence-electron chi connectivity index (χ4n) is 1.03. The van der Waals surface area contributed by atoms with Gasteiger partial charge in [-0.2, -0.15) is 5.26 Å². The molecule has 1 heterocycles. The molecule has 78 valence electrons. The van der Waals surface area contributed by atoms with Crippen LogP contribution in [0.5, 0.6) is 0 Å². The van der Waals surface area contributed by atoms with Gasteiger partial charge in [-0.3, -0.25) is 9.78 Å². The molecule has 1 aromatic rings. The van der Waals surface area contributed by atoms with E-state index in [0.717, 1.165) is 0 Å². The van der Waals surface area contributed by atoms with Gasteiger partial charge in [0.05, 0.1) is 16.2 Å². The SMILES string of the molecule is CCC(C#N)C(=O)Nc1ccncc1Br. The lowest BCUT2D eigenvalue weighted by Gasteiger charge is -2.08. The van der Waals surface area contributed by atoms with E-state index in [2.05, 4.69) is 26.2 Å². The maximum atomic E-state index is 11.6. The summed E-state index contributed by atoms with van der Waals surface area (Å²) in [6.45, 7) is 1.80. The van der Waals surface area contributed by atoms with E-state index in [1.54, 1.807) is 25.4 Å². The monoisotopic (exact) mass is 267 g/mol. The van der Waals surface area contributed by atoms with Gasteiger partial charge >= 0.3 is 0 Å². The first-order chi connectivity index (χ1) is 7.19. The van der Waals surface area contributed by atoms with E-state index >= 15 is 0 Å². The lowest BCUT2D eigenvalue weighted by molar-refractivity contribution is -0.118. The number of nitriles is 1. The van der Waals surface area contributed by atoms with Crippen molar-refractivity contribution in [2.75, 3.05) is 5.32 Å². The molecule has 0 aromatic carbocycles. The van der Waals surface area contributed by atoms with Crippen molar-refractivity contribution in [1.82, 2.24) is 4.98 Å². The molecule has 0 aliphatic heterocycles. The third-order valence-corrected chi connectivity index (χ3v) is 2.54. The van der Waals surface area contributed by atoms with Gasteiger partial charge in [-0.15, -0.1) is 0 Å². The van der Waals surface area contributed by atoms with E-state index in [0.29, 0.717) is 16.6 Å². The second kappa shape index (κ2) is 5.47. The number of anilines is 1. The molecule has 0 saturated carbocycles. The third kappa shape index (κ3) is 3.03. The Morgan fingerprint density at radius 2 is 2.53 bits per heavy atom. The predicted octanol–water partition coefficient (Wildman–Crippen LogP) is 2.33. The molecule has 0 aliphatic carbocycles. The van der Waals surface area contributed by atoms with Crippen molar-refractivity contribution in [3.05, 3.63) is 22.9 Å². The number of aromatic nitrogens is 1. The second-order valence-corrected chi connectivity index (χ2v) is 3.79. The highest BCUT2D eigenvalue weighted by Gasteiger charge is 2.16. The zero-order valence-electron chi connectivity index (χ0n) is 8.20. The molecule has 1 aromatic heterocycles. The lowest BCUT2D eigenvalue weighted by atomic mass is 10.1. The Bertz CT molecular complexity index is 400. The number of nitrogens with zero attached hydrogens (tertiary/aromatic N) is 2. The number of hydrogen-bond acceptors (Lipinski definition) is 3. The summed E-state index contributed by atoms with van der Waals surface area (Å²) >= 11 is 3.26. The second-order valence-electron chi connectivity index (χ2n) is 2.93. The van der Waals surface area contributed by atoms with Crippen molar-refractivity contribution >= 4 is 27.5 Å². The van der Waals surface area contributed by atoms with E-state index in [-0.39, 0.29) is 5.91 Å². The topological polar surface area (TPSA) is 65.8 Å². The van der Waals surface area contributed by atoms with Crippen LogP contribution in [0.15, 0.2) is 22.9 Å². The van der Waals surface area contributed by atoms with Crippen LogP contribution >= 0.6 is 15.9 Å². The maximum absolute atomic E-state index is 11.6. The number of carbonyl (C=O) groups is 1. The van der Waals surface area contributed by atoms with Crippen molar-refractivity contribution in [2.24, 2.45) is 5.92 Å². The van der Waals surface area contributed by atoms with Crippen molar-refractivity contribution in [1.29, 1.82) is 5.26 Å². The zero-order chi connectivity index (χ0) is 11.3. The smallest absolute Gasteiger partial charge is 0.241 e. The van der Waals surface area contributed by atoms with Crippen LogP contribution in [-0.4, -0.2) is 10.9 Å². The largest absolute Gasteiger partial charge is 0.324 e. The molecule has 1 N–H and O–H groups in total. The minimum absolute atomic E-state index is 0.285. The van der Waals surface area contributed by atoms with Gasteiger partial charge in [0.25, 0.3) is 0 Å². The Labute approximate surface area is 96.4 Å². The first-order valence-corrected chi connectivity index (χ1v) is 5.28. The highest BCUT2D eigenvalue weighted by Crippen LogP contribution is 2.20. The summed E-state index contributed by atoms with van der Waals surface area (Å²) in [7, 11) is 0. The van der Waals surface area contributed by atoms with Gasteiger partial charge in [0.1, 0.15) is 5.92 Å². The number of pyridine rings is 1. The molecular weight excluding hydrogens is 258 g/mol. The maximum Gasteiger partial charge on any atom is 0.241 e. The van der Waals surface area contributed by atoms with Crippen LogP contribution in [-0.2, 0) is 4.79 Å². The van der Waals surface area contributed by atoms with Gasteiger partial charge in [0, 0.05) is 12.4 Å². The molecule has 15 heavy (non-hydrogen) atoms. The standard InChI is InChI=1S/C10H10BrN3O/c1-2-7(5-12)10(15)14-9-3-4-13-6-8(9)11/h3-4,6-7H,2H2,1H3,(H,13,14,15). The molecule has 0 fully saturated rings. The summed E-state index contributed by atoms with van der Waals surface area (Å²) in [5.41, 5.74) is 0.628. The summed E-state index contributed by atoms with van der Waals surface area (Å²) in [6.07, 6.45) is 3.67. The molecule has 1 unspecified atom stereocenters. The van der Waals surface area contributed by atoms with Crippen molar-refractivity contribution in [3.8, 4) is 6.07 Å². The minimum Gasteiger partial charge on any atom is -0.324 e. The van der Waals surface area contributed by atoms with Crippen LogP contribution in [0.2, 0.25) is 0 Å².